The molecule has 0 saturated carbocycles. The number of aromatic nitrogens is 4. The van der Waals surface area contributed by atoms with E-state index in [4.69, 9.17) is 10.5 Å². The van der Waals surface area contributed by atoms with Gasteiger partial charge < -0.3 is 20.7 Å². The molecule has 3 aromatic rings. The number of aryl methyl sites for hydroxylation is 1. The average Bonchev–Trinajstić information content (AvgIpc) is 3.39. The van der Waals surface area contributed by atoms with E-state index in [0.717, 1.165) is 25.8 Å². The number of benzene rings is 1. The first-order chi connectivity index (χ1) is 15.3. The molecule has 3 N–H and O–H groups in total. The summed E-state index contributed by atoms with van der Waals surface area (Å²) >= 11 is 0. The summed E-state index contributed by atoms with van der Waals surface area (Å²) in [6.45, 7) is 5.06. The summed E-state index contributed by atoms with van der Waals surface area (Å²) in [5, 5.41) is 8.28. The normalized spacial score (nSPS) is 19.5. The third kappa shape index (κ3) is 4.06. The lowest BCUT2D eigenvalue weighted by Gasteiger charge is -2.29. The van der Waals surface area contributed by atoms with Crippen molar-refractivity contribution in [1.82, 2.24) is 29.8 Å². The fraction of sp³-hybridized carbons (Fsp3) is 0.545. The highest BCUT2D eigenvalue weighted by molar-refractivity contribution is 5.93. The molecule has 0 bridgehead atoms. The number of likely N-dealkylation sites (N-methyl/N-ethyl adjacent to an activating group) is 1. The largest absolute Gasteiger partial charge is 0.494 e. The van der Waals surface area contributed by atoms with Gasteiger partial charge in [0, 0.05) is 31.0 Å². The summed E-state index contributed by atoms with van der Waals surface area (Å²) in [6, 6.07) is 2.85. The first kappa shape index (κ1) is 22.2. The van der Waals surface area contributed by atoms with Crippen LogP contribution in [0.5, 0.6) is 5.75 Å². The molecule has 3 atom stereocenters. The number of nitrogens with two attached hydrogens (primary N) is 1. The summed E-state index contributed by atoms with van der Waals surface area (Å²) in [5.41, 5.74) is 7.01. The molecule has 1 aromatic carbocycles. The Balaban J connectivity index is 1.45. The number of methoxy groups -OCH3 is 1. The first-order valence-electron chi connectivity index (χ1n) is 11.0. The molecule has 2 aromatic heterocycles. The maximum absolute atomic E-state index is 14.2. The number of ether oxygens (including phenoxy) is 1. The van der Waals surface area contributed by atoms with Crippen molar-refractivity contribution in [1.29, 1.82) is 0 Å². The van der Waals surface area contributed by atoms with Crippen LogP contribution in [0.3, 0.4) is 0 Å². The summed E-state index contributed by atoms with van der Waals surface area (Å²) in [7, 11) is 3.27. The number of carbonyl (C=O) groups is 1. The molecule has 1 aliphatic heterocycles. The Morgan fingerprint density at radius 1 is 1.44 bits per heavy atom. The van der Waals surface area contributed by atoms with E-state index >= 15 is 0 Å². The number of anilines is 1. The van der Waals surface area contributed by atoms with Crippen LogP contribution < -0.4 is 15.8 Å². The molecule has 3 heterocycles. The second kappa shape index (κ2) is 8.85. The quantitative estimate of drug-likeness (QED) is 0.576. The van der Waals surface area contributed by atoms with Gasteiger partial charge in [-0.3, -0.25) is 4.79 Å². The van der Waals surface area contributed by atoms with Gasteiger partial charge in [0.1, 0.15) is 0 Å². The molecule has 172 valence electrons. The second-order valence-electron chi connectivity index (χ2n) is 8.63. The number of hydrogen-bond donors (Lipinski definition) is 2. The van der Waals surface area contributed by atoms with Crippen LogP contribution in [0.4, 0.5) is 10.3 Å². The van der Waals surface area contributed by atoms with Crippen LogP contribution in [0.2, 0.25) is 0 Å². The Labute approximate surface area is 186 Å². The molecule has 4 rings (SSSR count). The third-order valence-corrected chi connectivity index (χ3v) is 6.44. The summed E-state index contributed by atoms with van der Waals surface area (Å²) in [6.07, 6.45) is 3.27. The highest BCUT2D eigenvalue weighted by Crippen LogP contribution is 2.27. The van der Waals surface area contributed by atoms with E-state index in [-0.39, 0.29) is 29.7 Å². The number of hydrogen-bond acceptors (Lipinski definition) is 7. The van der Waals surface area contributed by atoms with Crippen molar-refractivity contribution in [2.24, 2.45) is 5.92 Å². The van der Waals surface area contributed by atoms with Gasteiger partial charge in [0.15, 0.2) is 23.0 Å². The van der Waals surface area contributed by atoms with Crippen LogP contribution in [-0.2, 0) is 11.2 Å². The van der Waals surface area contributed by atoms with E-state index in [1.165, 1.54) is 23.8 Å². The van der Waals surface area contributed by atoms with Crippen LogP contribution in [0.25, 0.3) is 16.6 Å². The van der Waals surface area contributed by atoms with Gasteiger partial charge in [-0.1, -0.05) is 6.92 Å². The molecular weight excluding hydrogens is 413 g/mol. The van der Waals surface area contributed by atoms with Gasteiger partial charge in [-0.2, -0.15) is 4.52 Å². The molecule has 0 radical (unpaired) electrons. The van der Waals surface area contributed by atoms with Crippen molar-refractivity contribution in [2.45, 2.75) is 51.6 Å². The number of nitrogens with one attached hydrogen (secondary N) is 1. The van der Waals surface area contributed by atoms with Crippen molar-refractivity contribution >= 4 is 28.4 Å². The molecule has 1 amide bonds. The topological polar surface area (TPSA) is 111 Å². The smallest absolute Gasteiger partial charge is 0.239 e. The zero-order valence-electron chi connectivity index (χ0n) is 18.9. The van der Waals surface area contributed by atoms with E-state index in [0.29, 0.717) is 34.7 Å². The minimum atomic E-state index is -0.495. The van der Waals surface area contributed by atoms with Gasteiger partial charge in [0.05, 0.1) is 18.7 Å². The molecule has 32 heavy (non-hydrogen) atoms. The number of rotatable bonds is 7. The van der Waals surface area contributed by atoms with Crippen molar-refractivity contribution in [3.05, 3.63) is 23.8 Å². The molecular formula is C22H30FN7O2. The van der Waals surface area contributed by atoms with Gasteiger partial charge in [-0.15, -0.1) is 5.10 Å². The van der Waals surface area contributed by atoms with Crippen molar-refractivity contribution < 1.29 is 13.9 Å². The zero-order chi connectivity index (χ0) is 23.0. The maximum Gasteiger partial charge on any atom is 0.239 e. The van der Waals surface area contributed by atoms with Gasteiger partial charge in [0.25, 0.3) is 0 Å². The molecule has 9 nitrogen and oxygen atoms in total. The minimum Gasteiger partial charge on any atom is -0.494 e. The standard InChI is InChI=1S/C22H30FN7O2/c1-12-8-9-25-19(12)21(31)29(3)13(2)6-5-7-18-27-20-14-10-15(23)17(32-4)11-16(14)26-22(24)30(20)28-18/h10-13,19,25H,5-9H2,1-4H3,(H2,24,26)/t12?,13-,19?/m0/s1. The highest BCUT2D eigenvalue weighted by atomic mass is 19.1. The number of fused-ring (bicyclic) bond motifs is 3. The predicted molar refractivity (Wildman–Crippen MR) is 120 cm³/mol. The SMILES string of the molecule is COc1cc2nc(N)n3nc(CCC[C@H](C)N(C)C(=O)C4NCCC4C)nc3c2cc1F. The van der Waals surface area contributed by atoms with Crippen molar-refractivity contribution in [3.8, 4) is 5.75 Å². The summed E-state index contributed by atoms with van der Waals surface area (Å²) in [5.74, 6) is 0.898. The fourth-order valence-corrected chi connectivity index (χ4v) is 4.29. The summed E-state index contributed by atoms with van der Waals surface area (Å²) in [4.78, 5) is 23.5. The molecule has 0 aliphatic carbocycles. The van der Waals surface area contributed by atoms with E-state index in [1.807, 2.05) is 11.9 Å². The predicted octanol–water partition coefficient (Wildman–Crippen LogP) is 2.17. The van der Waals surface area contributed by atoms with Crippen LogP contribution >= 0.6 is 0 Å². The number of halogens is 1. The Hall–Kier alpha value is -3.01. The van der Waals surface area contributed by atoms with Crippen molar-refractivity contribution in [3.63, 3.8) is 0 Å². The molecule has 1 aliphatic rings. The van der Waals surface area contributed by atoms with E-state index in [2.05, 4.69) is 34.2 Å². The highest BCUT2D eigenvalue weighted by Gasteiger charge is 2.32. The van der Waals surface area contributed by atoms with Gasteiger partial charge in [0.2, 0.25) is 11.9 Å². The first-order valence-corrected chi connectivity index (χ1v) is 11.0. The molecule has 0 spiro atoms. The van der Waals surface area contributed by atoms with Crippen LogP contribution in [-0.4, -0.2) is 63.2 Å². The number of nitrogen functional groups attached to an aromatic ring is 1. The summed E-state index contributed by atoms with van der Waals surface area (Å²) < 4.78 is 20.7. The van der Waals surface area contributed by atoms with Crippen LogP contribution in [0, 0.1) is 11.7 Å². The lowest BCUT2D eigenvalue weighted by atomic mass is 10.0. The molecule has 10 heteroatoms. The van der Waals surface area contributed by atoms with Crippen LogP contribution in [0.15, 0.2) is 12.1 Å². The van der Waals surface area contributed by atoms with Crippen molar-refractivity contribution in [2.75, 3.05) is 26.4 Å². The molecule has 1 saturated heterocycles. The second-order valence-corrected chi connectivity index (χ2v) is 8.63. The fourth-order valence-electron chi connectivity index (χ4n) is 4.29. The third-order valence-electron chi connectivity index (χ3n) is 6.44. The Bertz CT molecular complexity index is 1150. The van der Waals surface area contributed by atoms with E-state index in [1.54, 1.807) is 0 Å². The minimum absolute atomic E-state index is 0.0923. The number of amides is 1. The Morgan fingerprint density at radius 2 is 2.22 bits per heavy atom. The number of carbonyl (C=O) groups excluding carboxylic acids is 1. The lowest BCUT2D eigenvalue weighted by Crippen LogP contribution is -2.47. The van der Waals surface area contributed by atoms with Gasteiger partial charge >= 0.3 is 0 Å². The average molecular weight is 444 g/mol. The maximum atomic E-state index is 14.2. The Kier molecular flexibility index (Phi) is 6.14. The monoisotopic (exact) mass is 443 g/mol. The molecule has 1 fully saturated rings. The number of nitrogens with zero attached hydrogens (tertiary/aromatic N) is 5. The Morgan fingerprint density at radius 3 is 2.91 bits per heavy atom. The van der Waals surface area contributed by atoms with E-state index < -0.39 is 5.82 Å². The van der Waals surface area contributed by atoms with Gasteiger partial charge in [-0.05, 0) is 44.7 Å². The van der Waals surface area contributed by atoms with Gasteiger partial charge in [-0.25, -0.2) is 14.4 Å². The lowest BCUT2D eigenvalue weighted by molar-refractivity contribution is -0.134. The van der Waals surface area contributed by atoms with E-state index in [9.17, 15) is 9.18 Å². The van der Waals surface area contributed by atoms with Crippen LogP contribution in [0.1, 0.15) is 38.9 Å². The molecule has 2 unspecified atom stereocenters. The zero-order valence-corrected chi connectivity index (χ0v) is 18.9.